The van der Waals surface area contributed by atoms with Gasteiger partial charge in [-0.3, -0.25) is 4.90 Å². The molecule has 1 aromatic carbocycles. The van der Waals surface area contributed by atoms with E-state index in [1.807, 2.05) is 24.3 Å². The van der Waals surface area contributed by atoms with Crippen molar-refractivity contribution in [3.63, 3.8) is 0 Å². The summed E-state index contributed by atoms with van der Waals surface area (Å²) in [6.45, 7) is 5.87. The van der Waals surface area contributed by atoms with Gasteiger partial charge in [-0.15, -0.1) is 10.2 Å². The number of aromatic nitrogens is 2. The second kappa shape index (κ2) is 7.46. The van der Waals surface area contributed by atoms with Crippen LogP contribution in [-0.2, 0) is 4.74 Å². The molecule has 5 nitrogen and oxygen atoms in total. The molecule has 0 N–H and O–H groups in total. The first kappa shape index (κ1) is 15.8. The Hall–Kier alpha value is -1.08. The number of benzene rings is 1. The van der Waals surface area contributed by atoms with Crippen LogP contribution in [0.1, 0.15) is 6.92 Å². The Morgan fingerprint density at radius 3 is 3.05 bits per heavy atom. The van der Waals surface area contributed by atoms with Gasteiger partial charge in [0.15, 0.2) is 0 Å². The number of hydrogen-bond acceptors (Lipinski definition) is 6. The molecule has 3 rings (SSSR count). The highest BCUT2D eigenvalue weighted by atomic mass is 35.5. The molecule has 2 heterocycles. The molecule has 0 amide bonds. The van der Waals surface area contributed by atoms with Crippen LogP contribution in [0.2, 0.25) is 5.02 Å². The van der Waals surface area contributed by atoms with Gasteiger partial charge in [0.05, 0.1) is 23.3 Å². The van der Waals surface area contributed by atoms with E-state index in [-0.39, 0.29) is 0 Å². The summed E-state index contributed by atoms with van der Waals surface area (Å²) in [5.74, 6) is 1.38. The second-order valence-electron chi connectivity index (χ2n) is 5.18. The number of morpholine rings is 1. The van der Waals surface area contributed by atoms with E-state index in [1.165, 1.54) is 0 Å². The lowest BCUT2D eigenvalue weighted by Crippen LogP contribution is -2.42. The molecular weight excluding hydrogens is 322 g/mol. The Morgan fingerprint density at radius 2 is 2.23 bits per heavy atom. The monoisotopic (exact) mass is 339 g/mol. The van der Waals surface area contributed by atoms with Crippen LogP contribution < -0.4 is 0 Å². The van der Waals surface area contributed by atoms with Crippen molar-refractivity contribution in [1.82, 2.24) is 15.1 Å². The average molecular weight is 340 g/mol. The van der Waals surface area contributed by atoms with E-state index < -0.39 is 0 Å². The zero-order valence-corrected chi connectivity index (χ0v) is 13.9. The first-order valence-corrected chi connectivity index (χ1v) is 8.64. The van der Waals surface area contributed by atoms with Gasteiger partial charge in [-0.2, -0.15) is 0 Å². The van der Waals surface area contributed by atoms with Crippen molar-refractivity contribution >= 4 is 23.4 Å². The van der Waals surface area contributed by atoms with Crippen molar-refractivity contribution in [2.75, 3.05) is 32.0 Å². The van der Waals surface area contributed by atoms with Crippen LogP contribution in [0.5, 0.6) is 0 Å². The normalized spacial score (nSPS) is 19.5. The Balaban J connectivity index is 1.53. The van der Waals surface area contributed by atoms with E-state index in [1.54, 1.807) is 11.8 Å². The molecule has 0 saturated carbocycles. The Bertz CT molecular complexity index is 622. The summed E-state index contributed by atoms with van der Waals surface area (Å²) < 4.78 is 11.2. The topological polar surface area (TPSA) is 51.4 Å². The van der Waals surface area contributed by atoms with E-state index in [9.17, 15) is 0 Å². The standard InChI is InChI=1S/C15H18ClN3O2S/c1-11-10-19(6-8-20-11)7-9-22-15-18-17-14(21-15)12-4-2-3-5-13(12)16/h2-5,11H,6-10H2,1H3/t11-/m0/s1. The summed E-state index contributed by atoms with van der Waals surface area (Å²) in [6.07, 6.45) is 0.314. The lowest BCUT2D eigenvalue weighted by atomic mass is 10.2. The number of nitrogens with zero attached hydrogens (tertiary/aromatic N) is 3. The third-order valence-electron chi connectivity index (χ3n) is 3.47. The molecule has 118 valence electrons. The highest BCUT2D eigenvalue weighted by molar-refractivity contribution is 7.99. The van der Waals surface area contributed by atoms with Crippen molar-refractivity contribution in [1.29, 1.82) is 0 Å². The first-order chi connectivity index (χ1) is 10.7. The lowest BCUT2D eigenvalue weighted by Gasteiger charge is -2.30. The van der Waals surface area contributed by atoms with Gasteiger partial charge in [0, 0.05) is 25.4 Å². The van der Waals surface area contributed by atoms with Crippen LogP contribution in [0.3, 0.4) is 0 Å². The molecule has 0 aliphatic carbocycles. The SMILES string of the molecule is C[C@H]1CN(CCSc2nnc(-c3ccccc3Cl)o2)CCO1. The summed E-state index contributed by atoms with van der Waals surface area (Å²) in [5, 5.41) is 9.34. The van der Waals surface area contributed by atoms with Crippen LogP contribution >= 0.6 is 23.4 Å². The minimum absolute atomic E-state index is 0.314. The van der Waals surface area contributed by atoms with Crippen molar-refractivity contribution in [2.45, 2.75) is 18.3 Å². The van der Waals surface area contributed by atoms with Gasteiger partial charge in [0.2, 0.25) is 5.89 Å². The van der Waals surface area contributed by atoms with Crippen molar-refractivity contribution < 1.29 is 9.15 Å². The number of ether oxygens (including phenoxy) is 1. The van der Waals surface area contributed by atoms with Gasteiger partial charge in [0.25, 0.3) is 5.22 Å². The van der Waals surface area contributed by atoms with E-state index in [2.05, 4.69) is 22.0 Å². The first-order valence-electron chi connectivity index (χ1n) is 7.27. The summed E-state index contributed by atoms with van der Waals surface area (Å²) in [4.78, 5) is 2.40. The number of halogens is 1. The maximum atomic E-state index is 6.13. The van der Waals surface area contributed by atoms with Gasteiger partial charge >= 0.3 is 0 Å². The maximum absolute atomic E-state index is 6.13. The van der Waals surface area contributed by atoms with E-state index in [0.29, 0.717) is 22.2 Å². The molecule has 0 radical (unpaired) electrons. The van der Waals surface area contributed by atoms with Gasteiger partial charge in [-0.25, -0.2) is 0 Å². The minimum Gasteiger partial charge on any atom is -0.411 e. The van der Waals surface area contributed by atoms with E-state index in [0.717, 1.165) is 37.6 Å². The molecule has 0 bridgehead atoms. The maximum Gasteiger partial charge on any atom is 0.276 e. The smallest absolute Gasteiger partial charge is 0.276 e. The highest BCUT2D eigenvalue weighted by Gasteiger charge is 2.17. The summed E-state index contributed by atoms with van der Waals surface area (Å²) in [6, 6.07) is 7.46. The predicted molar refractivity (Wildman–Crippen MR) is 87.3 cm³/mol. The highest BCUT2D eigenvalue weighted by Crippen LogP contribution is 2.28. The molecule has 1 fully saturated rings. The number of hydrogen-bond donors (Lipinski definition) is 0. The molecule has 1 aromatic heterocycles. The van der Waals surface area contributed by atoms with Crippen LogP contribution in [0, 0.1) is 0 Å². The fourth-order valence-corrected chi connectivity index (χ4v) is 3.34. The fourth-order valence-electron chi connectivity index (χ4n) is 2.37. The predicted octanol–water partition coefficient (Wildman–Crippen LogP) is 3.20. The van der Waals surface area contributed by atoms with E-state index in [4.69, 9.17) is 20.8 Å². The van der Waals surface area contributed by atoms with Gasteiger partial charge in [0.1, 0.15) is 0 Å². The molecule has 1 atom stereocenters. The quantitative estimate of drug-likeness (QED) is 0.780. The average Bonchev–Trinajstić information content (AvgIpc) is 2.96. The van der Waals surface area contributed by atoms with Crippen LogP contribution in [-0.4, -0.2) is 53.2 Å². The zero-order valence-electron chi connectivity index (χ0n) is 12.4. The molecule has 1 saturated heterocycles. The molecule has 1 aliphatic heterocycles. The van der Waals surface area contributed by atoms with E-state index >= 15 is 0 Å². The molecule has 1 aliphatic rings. The van der Waals surface area contributed by atoms with Gasteiger partial charge in [-0.1, -0.05) is 35.5 Å². The Kier molecular flexibility index (Phi) is 5.36. The zero-order chi connectivity index (χ0) is 15.4. The molecule has 0 spiro atoms. The number of thioether (sulfide) groups is 1. The summed E-state index contributed by atoms with van der Waals surface area (Å²) in [7, 11) is 0. The van der Waals surface area contributed by atoms with Crippen LogP contribution in [0.15, 0.2) is 33.9 Å². The van der Waals surface area contributed by atoms with Gasteiger partial charge in [-0.05, 0) is 19.1 Å². The lowest BCUT2D eigenvalue weighted by molar-refractivity contribution is -0.0158. The molecule has 22 heavy (non-hydrogen) atoms. The summed E-state index contributed by atoms with van der Waals surface area (Å²) in [5.41, 5.74) is 0.769. The third kappa shape index (κ3) is 4.01. The molecule has 0 unspecified atom stereocenters. The second-order valence-corrected chi connectivity index (χ2v) is 6.64. The summed E-state index contributed by atoms with van der Waals surface area (Å²) >= 11 is 7.71. The minimum atomic E-state index is 0.314. The molecule has 2 aromatic rings. The van der Waals surface area contributed by atoms with Crippen molar-refractivity contribution in [2.24, 2.45) is 0 Å². The molecule has 7 heteroatoms. The number of rotatable bonds is 5. The van der Waals surface area contributed by atoms with Crippen molar-refractivity contribution in [3.05, 3.63) is 29.3 Å². The third-order valence-corrected chi connectivity index (χ3v) is 4.60. The Labute approximate surface area is 139 Å². The van der Waals surface area contributed by atoms with Crippen LogP contribution in [0.25, 0.3) is 11.5 Å². The van der Waals surface area contributed by atoms with Crippen LogP contribution in [0.4, 0.5) is 0 Å². The van der Waals surface area contributed by atoms with Gasteiger partial charge < -0.3 is 9.15 Å². The molecular formula is C15H18ClN3O2S. The Morgan fingerprint density at radius 1 is 1.36 bits per heavy atom. The van der Waals surface area contributed by atoms with Crippen molar-refractivity contribution in [3.8, 4) is 11.5 Å². The largest absolute Gasteiger partial charge is 0.411 e. The fraction of sp³-hybridized carbons (Fsp3) is 0.467.